The van der Waals surface area contributed by atoms with Gasteiger partial charge in [0.25, 0.3) is 0 Å². The highest BCUT2D eigenvalue weighted by Gasteiger charge is 2.45. The normalized spacial score (nSPS) is 33.6. The summed E-state index contributed by atoms with van der Waals surface area (Å²) in [4.78, 5) is 0. The second-order valence-corrected chi connectivity index (χ2v) is 11.5. The van der Waals surface area contributed by atoms with E-state index in [1.807, 2.05) is 0 Å². The van der Waals surface area contributed by atoms with Crippen LogP contribution in [0.5, 0.6) is 0 Å². The third kappa shape index (κ3) is 4.45. The molecular formula is C15H27NO4S2. The number of sulfonamides is 1. The Morgan fingerprint density at radius 2 is 1.59 bits per heavy atom. The monoisotopic (exact) mass is 349 g/mol. The van der Waals surface area contributed by atoms with Crippen LogP contribution < -0.4 is 4.72 Å². The standard InChI is InChI=1S/C15H27NO4S2/c17-21(18)8-6-12(7-9-21)11-22(19,20)16-15-10-14(15)13-4-2-1-3-5-13/h12-16H,1-11H2/t14-,15+/m0/s1. The topological polar surface area (TPSA) is 80.3 Å². The summed E-state index contributed by atoms with van der Waals surface area (Å²) in [5.41, 5.74) is 0. The lowest BCUT2D eigenvalue weighted by Crippen LogP contribution is -2.35. The van der Waals surface area contributed by atoms with E-state index in [-0.39, 0.29) is 29.2 Å². The highest BCUT2D eigenvalue weighted by Crippen LogP contribution is 2.44. The van der Waals surface area contributed by atoms with Crippen molar-refractivity contribution in [1.29, 1.82) is 0 Å². The van der Waals surface area contributed by atoms with Crippen molar-refractivity contribution in [3.63, 3.8) is 0 Å². The van der Waals surface area contributed by atoms with Crippen LogP contribution in [0.2, 0.25) is 0 Å². The molecule has 1 heterocycles. The van der Waals surface area contributed by atoms with Crippen LogP contribution in [-0.2, 0) is 19.9 Å². The maximum absolute atomic E-state index is 12.3. The maximum atomic E-state index is 12.3. The fourth-order valence-corrected chi connectivity index (χ4v) is 7.50. The molecular weight excluding hydrogens is 322 g/mol. The lowest BCUT2D eigenvalue weighted by molar-refractivity contribution is 0.316. The largest absolute Gasteiger partial charge is 0.229 e. The van der Waals surface area contributed by atoms with Gasteiger partial charge in [-0.25, -0.2) is 21.6 Å². The van der Waals surface area contributed by atoms with Crippen molar-refractivity contribution in [2.75, 3.05) is 17.3 Å². The van der Waals surface area contributed by atoms with Crippen LogP contribution >= 0.6 is 0 Å². The molecule has 0 spiro atoms. The summed E-state index contributed by atoms with van der Waals surface area (Å²) in [5, 5.41) is 0. The van der Waals surface area contributed by atoms with Crippen LogP contribution in [0.1, 0.15) is 51.4 Å². The molecule has 0 bridgehead atoms. The van der Waals surface area contributed by atoms with Gasteiger partial charge >= 0.3 is 0 Å². The van der Waals surface area contributed by atoms with E-state index in [0.717, 1.165) is 6.42 Å². The Bertz CT molecular complexity index is 579. The van der Waals surface area contributed by atoms with E-state index in [2.05, 4.69) is 4.72 Å². The first-order valence-corrected chi connectivity index (χ1v) is 12.0. The van der Waals surface area contributed by atoms with E-state index < -0.39 is 19.9 Å². The van der Waals surface area contributed by atoms with Gasteiger partial charge in [-0.2, -0.15) is 0 Å². The molecule has 3 aliphatic rings. The molecule has 1 aliphatic heterocycles. The van der Waals surface area contributed by atoms with E-state index in [0.29, 0.717) is 24.7 Å². The zero-order valence-corrected chi connectivity index (χ0v) is 14.7. The first-order chi connectivity index (χ1) is 10.3. The third-order valence-electron chi connectivity index (χ3n) is 5.56. The van der Waals surface area contributed by atoms with Crippen molar-refractivity contribution in [2.45, 2.75) is 57.4 Å². The molecule has 22 heavy (non-hydrogen) atoms. The Morgan fingerprint density at radius 1 is 0.955 bits per heavy atom. The van der Waals surface area contributed by atoms with Crippen molar-refractivity contribution in [1.82, 2.24) is 4.72 Å². The van der Waals surface area contributed by atoms with Gasteiger partial charge in [0.1, 0.15) is 9.84 Å². The zero-order chi connectivity index (χ0) is 15.8. The lowest BCUT2D eigenvalue weighted by Gasteiger charge is -2.23. The molecule has 2 saturated carbocycles. The molecule has 2 atom stereocenters. The number of hydrogen-bond donors (Lipinski definition) is 1. The zero-order valence-electron chi connectivity index (χ0n) is 13.0. The smallest absolute Gasteiger partial charge is 0.212 e. The molecule has 0 unspecified atom stereocenters. The molecule has 5 nitrogen and oxygen atoms in total. The number of rotatable bonds is 5. The molecule has 1 N–H and O–H groups in total. The average molecular weight is 350 g/mol. The van der Waals surface area contributed by atoms with E-state index in [9.17, 15) is 16.8 Å². The van der Waals surface area contributed by atoms with Gasteiger partial charge in [-0.1, -0.05) is 32.1 Å². The molecule has 2 aliphatic carbocycles. The Labute approximate surface area is 134 Å². The number of nitrogens with one attached hydrogen (secondary N) is 1. The average Bonchev–Trinajstić information content (AvgIpc) is 3.20. The van der Waals surface area contributed by atoms with Crippen LogP contribution in [0.25, 0.3) is 0 Å². The van der Waals surface area contributed by atoms with Gasteiger partial charge in [-0.15, -0.1) is 0 Å². The van der Waals surface area contributed by atoms with Crippen LogP contribution in [-0.4, -0.2) is 40.1 Å². The van der Waals surface area contributed by atoms with Gasteiger partial charge in [0.15, 0.2) is 0 Å². The first kappa shape index (κ1) is 16.7. The van der Waals surface area contributed by atoms with Gasteiger partial charge in [0.2, 0.25) is 10.0 Å². The third-order valence-corrected chi connectivity index (χ3v) is 8.84. The Kier molecular flexibility index (Phi) is 4.86. The highest BCUT2D eigenvalue weighted by atomic mass is 32.2. The Hall–Kier alpha value is -0.140. The van der Waals surface area contributed by atoms with E-state index >= 15 is 0 Å². The minimum absolute atomic E-state index is 0.00657. The summed E-state index contributed by atoms with van der Waals surface area (Å²) in [6.45, 7) is 0. The van der Waals surface area contributed by atoms with E-state index in [1.54, 1.807) is 0 Å². The van der Waals surface area contributed by atoms with Gasteiger partial charge in [0.05, 0.1) is 17.3 Å². The van der Waals surface area contributed by atoms with Gasteiger partial charge < -0.3 is 0 Å². The van der Waals surface area contributed by atoms with Crippen LogP contribution in [0.15, 0.2) is 0 Å². The Balaban J connectivity index is 1.46. The molecule has 128 valence electrons. The molecule has 0 aromatic carbocycles. The fourth-order valence-electron chi connectivity index (χ4n) is 4.13. The van der Waals surface area contributed by atoms with Crippen LogP contribution in [0.3, 0.4) is 0 Å². The number of hydrogen-bond acceptors (Lipinski definition) is 4. The molecule has 0 aromatic heterocycles. The fraction of sp³-hybridized carbons (Fsp3) is 1.00. The van der Waals surface area contributed by atoms with E-state index in [1.165, 1.54) is 32.1 Å². The van der Waals surface area contributed by atoms with Gasteiger partial charge in [-0.3, -0.25) is 0 Å². The summed E-state index contributed by atoms with van der Waals surface area (Å²) in [6, 6.07) is 0.139. The van der Waals surface area contributed by atoms with Gasteiger partial charge in [0, 0.05) is 6.04 Å². The maximum Gasteiger partial charge on any atom is 0.212 e. The molecule has 3 fully saturated rings. The van der Waals surface area contributed by atoms with Gasteiger partial charge in [-0.05, 0) is 37.0 Å². The van der Waals surface area contributed by atoms with Crippen LogP contribution in [0.4, 0.5) is 0 Å². The second kappa shape index (κ2) is 6.40. The van der Waals surface area contributed by atoms with Crippen molar-refractivity contribution < 1.29 is 16.8 Å². The Morgan fingerprint density at radius 3 is 2.23 bits per heavy atom. The molecule has 7 heteroatoms. The van der Waals surface area contributed by atoms with Crippen molar-refractivity contribution in [3.8, 4) is 0 Å². The van der Waals surface area contributed by atoms with Crippen molar-refractivity contribution in [2.24, 2.45) is 17.8 Å². The van der Waals surface area contributed by atoms with Crippen molar-refractivity contribution >= 4 is 19.9 Å². The minimum Gasteiger partial charge on any atom is -0.229 e. The number of sulfone groups is 1. The summed E-state index contributed by atoms with van der Waals surface area (Å²) in [5.74, 6) is 1.62. The highest BCUT2D eigenvalue weighted by molar-refractivity contribution is 7.91. The molecule has 0 radical (unpaired) electrons. The predicted molar refractivity (Wildman–Crippen MR) is 86.8 cm³/mol. The summed E-state index contributed by atoms with van der Waals surface area (Å²) >= 11 is 0. The predicted octanol–water partition coefficient (Wildman–Crippen LogP) is 1.70. The second-order valence-electron chi connectivity index (χ2n) is 7.40. The first-order valence-electron chi connectivity index (χ1n) is 8.55. The summed E-state index contributed by atoms with van der Waals surface area (Å²) in [6.07, 6.45) is 8.37. The minimum atomic E-state index is -3.27. The quantitative estimate of drug-likeness (QED) is 0.819. The summed E-state index contributed by atoms with van der Waals surface area (Å²) in [7, 11) is -6.19. The van der Waals surface area contributed by atoms with E-state index in [4.69, 9.17) is 0 Å². The molecule has 1 saturated heterocycles. The lowest BCUT2D eigenvalue weighted by atomic mass is 9.86. The van der Waals surface area contributed by atoms with Crippen LogP contribution in [0, 0.1) is 17.8 Å². The summed E-state index contributed by atoms with van der Waals surface area (Å²) < 4.78 is 50.2. The molecule has 0 amide bonds. The molecule has 0 aromatic rings. The molecule has 3 rings (SSSR count). The van der Waals surface area contributed by atoms with Crippen molar-refractivity contribution in [3.05, 3.63) is 0 Å². The SMILES string of the molecule is O=S1(=O)CCC(CS(=O)(=O)N[C@@H]2C[C@H]2C2CCCCC2)CC1.